The molecule has 0 aliphatic rings. The SMILES string of the molecule is [B][P+](CP(=O)(OC)OC)(c1ccccc1)c1ccccc1. The molecule has 0 saturated carbocycles. The van der Waals surface area contributed by atoms with Gasteiger partial charge < -0.3 is 9.05 Å². The van der Waals surface area contributed by atoms with E-state index in [1.807, 2.05) is 60.7 Å². The highest BCUT2D eigenvalue weighted by Gasteiger charge is 2.45. The second-order valence-corrected chi connectivity index (χ2v) is 10.5. The van der Waals surface area contributed by atoms with E-state index in [1.54, 1.807) is 0 Å². The van der Waals surface area contributed by atoms with Gasteiger partial charge in [0.1, 0.15) is 0 Å². The van der Waals surface area contributed by atoms with E-state index in [9.17, 15) is 4.57 Å². The molecule has 2 rings (SSSR count). The van der Waals surface area contributed by atoms with Gasteiger partial charge in [-0.15, -0.1) is 0 Å². The van der Waals surface area contributed by atoms with Crippen LogP contribution in [0.2, 0.25) is 0 Å². The molecule has 6 heteroatoms. The first-order chi connectivity index (χ1) is 10.0. The molecule has 0 saturated heterocycles. The van der Waals surface area contributed by atoms with Crippen LogP contribution >= 0.6 is 14.7 Å². The van der Waals surface area contributed by atoms with Crippen LogP contribution in [0.25, 0.3) is 0 Å². The van der Waals surface area contributed by atoms with Gasteiger partial charge in [0.05, 0.1) is 10.6 Å². The van der Waals surface area contributed by atoms with Crippen molar-refractivity contribution in [3.63, 3.8) is 0 Å². The Morgan fingerprint density at radius 1 is 0.905 bits per heavy atom. The fourth-order valence-electron chi connectivity index (χ4n) is 2.16. The number of hydrogen-bond acceptors (Lipinski definition) is 3. The highest BCUT2D eigenvalue weighted by Crippen LogP contribution is 2.65. The summed E-state index contributed by atoms with van der Waals surface area (Å²) in [5, 5.41) is 1.95. The lowest BCUT2D eigenvalue weighted by molar-refractivity contribution is 0.280. The summed E-state index contributed by atoms with van der Waals surface area (Å²) >= 11 is 0. The number of benzene rings is 2. The summed E-state index contributed by atoms with van der Waals surface area (Å²) < 4.78 is 22.8. The van der Waals surface area contributed by atoms with Crippen molar-refractivity contribution in [3.8, 4) is 0 Å². The molecule has 0 bridgehead atoms. The van der Waals surface area contributed by atoms with Gasteiger partial charge in [0.15, 0.2) is 5.90 Å². The maximum atomic E-state index is 12.6. The van der Waals surface area contributed by atoms with Gasteiger partial charge in [0.25, 0.3) is 0 Å². The minimum atomic E-state index is -3.21. The lowest BCUT2D eigenvalue weighted by atomic mass is 10.4. The zero-order valence-corrected chi connectivity index (χ0v) is 14.0. The standard InChI is InChI=1S/C15H18BO3P2/c1-18-21(17,19-2)13-20(16,14-9-5-3-6-10-14)15-11-7-4-8-12-15/h3-12H,13H2,1-2H3/q+1. The number of rotatable bonds is 6. The van der Waals surface area contributed by atoms with Crippen LogP contribution < -0.4 is 10.6 Å². The molecule has 3 nitrogen and oxygen atoms in total. The Bertz CT molecular complexity index is 572. The second kappa shape index (κ2) is 6.90. The van der Waals surface area contributed by atoms with Crippen molar-refractivity contribution in [2.75, 3.05) is 20.1 Å². The minimum absolute atomic E-state index is 0.182. The summed E-state index contributed by atoms with van der Waals surface area (Å²) in [6.07, 6.45) is 0. The molecule has 2 aromatic carbocycles. The Morgan fingerprint density at radius 2 is 1.29 bits per heavy atom. The summed E-state index contributed by atoms with van der Waals surface area (Å²) in [5.74, 6) is 0.182. The molecule has 2 aromatic rings. The Morgan fingerprint density at radius 3 is 1.62 bits per heavy atom. The van der Waals surface area contributed by atoms with E-state index in [2.05, 4.69) is 0 Å². The van der Waals surface area contributed by atoms with E-state index in [0.29, 0.717) is 0 Å². The first-order valence-electron chi connectivity index (χ1n) is 6.52. The molecular weight excluding hydrogens is 301 g/mol. The first-order valence-corrected chi connectivity index (χ1v) is 10.3. The Labute approximate surface area is 127 Å². The average molecular weight is 319 g/mol. The molecule has 0 amide bonds. The third kappa shape index (κ3) is 3.65. The van der Waals surface area contributed by atoms with Crippen LogP contribution in [0.15, 0.2) is 60.7 Å². The molecule has 0 heterocycles. The molecule has 0 unspecified atom stereocenters. The van der Waals surface area contributed by atoms with Crippen molar-refractivity contribution >= 4 is 32.9 Å². The minimum Gasteiger partial charge on any atom is -0.309 e. The second-order valence-electron chi connectivity index (χ2n) is 4.66. The van der Waals surface area contributed by atoms with E-state index in [0.717, 1.165) is 10.6 Å². The Hall–Kier alpha value is -0.915. The van der Waals surface area contributed by atoms with Gasteiger partial charge in [0.2, 0.25) is 0 Å². The van der Waals surface area contributed by atoms with Gasteiger partial charge in [-0.25, -0.2) is 0 Å². The van der Waals surface area contributed by atoms with Gasteiger partial charge >= 0.3 is 15.2 Å². The van der Waals surface area contributed by atoms with Crippen molar-refractivity contribution in [2.45, 2.75) is 0 Å². The van der Waals surface area contributed by atoms with Crippen molar-refractivity contribution in [3.05, 3.63) is 60.7 Å². The van der Waals surface area contributed by atoms with E-state index in [4.69, 9.17) is 16.6 Å². The van der Waals surface area contributed by atoms with Crippen molar-refractivity contribution in [2.24, 2.45) is 0 Å². The smallest absolute Gasteiger partial charge is 0.309 e. The average Bonchev–Trinajstić information content (AvgIpc) is 2.56. The molecule has 2 radical (unpaired) electrons. The van der Waals surface area contributed by atoms with Crippen LogP contribution in [-0.4, -0.2) is 27.7 Å². The molecule has 0 aromatic heterocycles. The lowest BCUT2D eigenvalue weighted by Crippen LogP contribution is -2.25. The van der Waals surface area contributed by atoms with E-state index in [-0.39, 0.29) is 5.90 Å². The molecular formula is C15H18BO3P2+. The Balaban J connectivity index is 2.53. The molecule has 0 N–H and O–H groups in total. The maximum absolute atomic E-state index is 12.6. The summed E-state index contributed by atoms with van der Waals surface area (Å²) in [4.78, 5) is 0. The lowest BCUT2D eigenvalue weighted by Gasteiger charge is -2.26. The van der Waals surface area contributed by atoms with Crippen molar-refractivity contribution in [1.29, 1.82) is 0 Å². The van der Waals surface area contributed by atoms with Crippen LogP contribution in [0.5, 0.6) is 0 Å². The largest absolute Gasteiger partial charge is 0.378 e. The molecule has 21 heavy (non-hydrogen) atoms. The van der Waals surface area contributed by atoms with Gasteiger partial charge in [-0.2, -0.15) is 0 Å². The highest BCUT2D eigenvalue weighted by atomic mass is 31.2. The summed E-state index contributed by atoms with van der Waals surface area (Å²) in [6.45, 7) is 0. The highest BCUT2D eigenvalue weighted by molar-refractivity contribution is 8.12. The van der Waals surface area contributed by atoms with Gasteiger partial charge in [-0.1, -0.05) is 36.4 Å². The fraction of sp³-hybridized carbons (Fsp3) is 0.200. The fourth-order valence-corrected chi connectivity index (χ4v) is 8.43. The molecule has 0 fully saturated rings. The monoisotopic (exact) mass is 319 g/mol. The van der Waals surface area contributed by atoms with Crippen LogP contribution in [0.1, 0.15) is 0 Å². The van der Waals surface area contributed by atoms with Gasteiger partial charge in [-0.05, 0) is 24.3 Å². The van der Waals surface area contributed by atoms with E-state index < -0.39 is 14.7 Å². The normalized spacial score (nSPS) is 12.3. The maximum Gasteiger partial charge on any atom is 0.378 e. The third-order valence-corrected chi connectivity index (χ3v) is 10.1. The molecule has 108 valence electrons. The quantitative estimate of drug-likeness (QED) is 0.606. The van der Waals surface area contributed by atoms with Crippen molar-refractivity contribution < 1.29 is 13.6 Å². The summed E-state index contributed by atoms with van der Waals surface area (Å²) in [5.41, 5.74) is 0. The van der Waals surface area contributed by atoms with Gasteiger partial charge in [0, 0.05) is 21.4 Å². The third-order valence-electron chi connectivity index (χ3n) is 3.39. The number of hydrogen-bond donors (Lipinski definition) is 0. The molecule has 0 atom stereocenters. The first kappa shape index (κ1) is 16.5. The predicted octanol–water partition coefficient (Wildman–Crippen LogP) is 3.18. The topological polar surface area (TPSA) is 35.5 Å². The van der Waals surface area contributed by atoms with Crippen molar-refractivity contribution in [1.82, 2.24) is 0 Å². The van der Waals surface area contributed by atoms with Gasteiger partial charge in [-0.3, -0.25) is 4.57 Å². The van der Waals surface area contributed by atoms with E-state index in [1.165, 1.54) is 14.2 Å². The zero-order chi connectivity index (χ0) is 15.3. The molecule has 0 aliphatic heterocycles. The van der Waals surface area contributed by atoms with E-state index >= 15 is 0 Å². The van der Waals surface area contributed by atoms with Crippen LogP contribution in [0.3, 0.4) is 0 Å². The van der Waals surface area contributed by atoms with Crippen LogP contribution in [0.4, 0.5) is 0 Å². The summed E-state index contributed by atoms with van der Waals surface area (Å²) in [6, 6.07) is 19.5. The van der Waals surface area contributed by atoms with Crippen LogP contribution in [-0.2, 0) is 13.6 Å². The predicted molar refractivity (Wildman–Crippen MR) is 91.3 cm³/mol. The summed E-state index contributed by atoms with van der Waals surface area (Å²) in [7, 11) is 3.99. The van der Waals surface area contributed by atoms with Crippen LogP contribution in [0, 0.1) is 0 Å². The molecule has 0 aliphatic carbocycles. The zero-order valence-electron chi connectivity index (χ0n) is 12.2. The Kier molecular flexibility index (Phi) is 5.40. The molecule has 0 spiro atoms.